The van der Waals surface area contributed by atoms with Gasteiger partial charge in [-0.15, -0.1) is 0 Å². The van der Waals surface area contributed by atoms with Crippen LogP contribution in [0.25, 0.3) is 0 Å². The highest BCUT2D eigenvalue weighted by molar-refractivity contribution is 5.92. The van der Waals surface area contributed by atoms with Crippen molar-refractivity contribution in [3.05, 3.63) is 18.3 Å². The van der Waals surface area contributed by atoms with E-state index in [1.807, 2.05) is 12.1 Å². The number of hydrogen-bond donors (Lipinski definition) is 2. The van der Waals surface area contributed by atoms with Gasteiger partial charge in [0.2, 0.25) is 0 Å². The van der Waals surface area contributed by atoms with Crippen molar-refractivity contribution >= 4 is 17.5 Å². The van der Waals surface area contributed by atoms with Gasteiger partial charge in [-0.1, -0.05) is 6.42 Å². The van der Waals surface area contributed by atoms with Gasteiger partial charge in [0.25, 0.3) is 0 Å². The Morgan fingerprint density at radius 1 is 1.16 bits per heavy atom. The summed E-state index contributed by atoms with van der Waals surface area (Å²) in [5.74, 6) is 0.899. The quantitative estimate of drug-likeness (QED) is 0.886. The Kier molecular flexibility index (Phi) is 4.79. The van der Waals surface area contributed by atoms with Crippen molar-refractivity contribution in [3.63, 3.8) is 0 Å². The van der Waals surface area contributed by atoms with Gasteiger partial charge in [0.15, 0.2) is 5.82 Å². The SMILES string of the molecule is CN1[C@H]2CCC[C@H]1CC(NC(=O)Nc1cccnc1N1CCCC1)C2. The molecule has 2 bridgehead atoms. The van der Waals surface area contributed by atoms with Crippen LogP contribution >= 0.6 is 0 Å². The molecule has 2 amide bonds. The first-order valence-electron chi connectivity index (χ1n) is 9.70. The summed E-state index contributed by atoms with van der Waals surface area (Å²) in [5.41, 5.74) is 0.815. The first-order chi connectivity index (χ1) is 12.2. The van der Waals surface area contributed by atoms with E-state index in [1.165, 1.54) is 32.1 Å². The summed E-state index contributed by atoms with van der Waals surface area (Å²) in [6.07, 6.45) is 10.2. The van der Waals surface area contributed by atoms with Crippen molar-refractivity contribution < 1.29 is 4.79 Å². The number of rotatable bonds is 3. The minimum absolute atomic E-state index is 0.0962. The molecule has 3 aliphatic rings. The lowest BCUT2D eigenvalue weighted by Crippen LogP contribution is -2.55. The maximum absolute atomic E-state index is 12.6. The highest BCUT2D eigenvalue weighted by atomic mass is 16.2. The highest BCUT2D eigenvalue weighted by Gasteiger charge is 2.36. The second kappa shape index (κ2) is 7.20. The number of anilines is 2. The van der Waals surface area contributed by atoms with E-state index in [2.05, 4.69) is 32.5 Å². The highest BCUT2D eigenvalue weighted by Crippen LogP contribution is 2.32. The summed E-state index contributed by atoms with van der Waals surface area (Å²) in [5, 5.41) is 6.26. The average Bonchev–Trinajstić information content (AvgIpc) is 3.10. The molecule has 4 heterocycles. The van der Waals surface area contributed by atoms with Gasteiger partial charge >= 0.3 is 6.03 Å². The monoisotopic (exact) mass is 343 g/mol. The molecule has 136 valence electrons. The second-order valence-corrected chi connectivity index (χ2v) is 7.74. The first-order valence-corrected chi connectivity index (χ1v) is 9.70. The van der Waals surface area contributed by atoms with Gasteiger partial charge in [-0.2, -0.15) is 0 Å². The molecule has 6 nitrogen and oxygen atoms in total. The Morgan fingerprint density at radius 2 is 1.88 bits per heavy atom. The van der Waals surface area contributed by atoms with Gasteiger partial charge in [-0.3, -0.25) is 0 Å². The molecule has 2 N–H and O–H groups in total. The van der Waals surface area contributed by atoms with Crippen molar-refractivity contribution in [2.24, 2.45) is 0 Å². The molecule has 3 saturated heterocycles. The van der Waals surface area contributed by atoms with Crippen LogP contribution in [0.1, 0.15) is 44.9 Å². The Bertz CT molecular complexity index is 602. The molecule has 25 heavy (non-hydrogen) atoms. The number of carbonyl (C=O) groups is 1. The summed E-state index contributed by atoms with van der Waals surface area (Å²) in [7, 11) is 2.24. The van der Waals surface area contributed by atoms with Gasteiger partial charge in [0.05, 0.1) is 5.69 Å². The number of amides is 2. The summed E-state index contributed by atoms with van der Waals surface area (Å²) < 4.78 is 0. The smallest absolute Gasteiger partial charge is 0.319 e. The van der Waals surface area contributed by atoms with Crippen molar-refractivity contribution in [2.45, 2.75) is 63.1 Å². The van der Waals surface area contributed by atoms with Gasteiger partial charge in [-0.05, 0) is 57.7 Å². The first kappa shape index (κ1) is 16.6. The zero-order valence-corrected chi connectivity index (χ0v) is 15.1. The lowest BCUT2D eigenvalue weighted by molar-refractivity contribution is 0.0513. The minimum atomic E-state index is -0.0962. The van der Waals surface area contributed by atoms with Gasteiger partial charge in [0, 0.05) is 37.4 Å². The molecule has 3 fully saturated rings. The number of nitrogens with zero attached hydrogens (tertiary/aromatic N) is 3. The molecule has 0 spiro atoms. The molecule has 4 rings (SSSR count). The number of hydrogen-bond acceptors (Lipinski definition) is 4. The van der Waals surface area contributed by atoms with Crippen LogP contribution in [0.2, 0.25) is 0 Å². The third-order valence-electron chi connectivity index (χ3n) is 6.12. The normalized spacial score (nSPS) is 29.5. The molecule has 0 radical (unpaired) electrons. The third kappa shape index (κ3) is 3.59. The van der Waals surface area contributed by atoms with Crippen LogP contribution in [-0.4, -0.2) is 54.2 Å². The van der Waals surface area contributed by atoms with E-state index in [4.69, 9.17) is 0 Å². The van der Waals surface area contributed by atoms with Crippen LogP contribution in [0.5, 0.6) is 0 Å². The van der Waals surface area contributed by atoms with E-state index in [0.717, 1.165) is 37.4 Å². The van der Waals surface area contributed by atoms with E-state index in [1.54, 1.807) is 6.20 Å². The minimum Gasteiger partial charge on any atom is -0.355 e. The zero-order valence-electron chi connectivity index (χ0n) is 15.1. The predicted octanol–water partition coefficient (Wildman–Crippen LogP) is 2.82. The summed E-state index contributed by atoms with van der Waals surface area (Å²) in [6.45, 7) is 2.04. The second-order valence-electron chi connectivity index (χ2n) is 7.74. The largest absolute Gasteiger partial charge is 0.355 e. The van der Waals surface area contributed by atoms with E-state index < -0.39 is 0 Å². The average molecular weight is 343 g/mol. The van der Waals surface area contributed by atoms with Gasteiger partial charge < -0.3 is 20.4 Å². The number of aromatic nitrogens is 1. The third-order valence-corrected chi connectivity index (χ3v) is 6.12. The fourth-order valence-electron chi connectivity index (χ4n) is 4.75. The maximum atomic E-state index is 12.6. The molecular formula is C19H29N5O. The number of carbonyl (C=O) groups excluding carboxylic acids is 1. The maximum Gasteiger partial charge on any atom is 0.319 e. The summed E-state index contributed by atoms with van der Waals surface area (Å²) in [6, 6.07) is 5.26. The van der Waals surface area contributed by atoms with Crippen LogP contribution < -0.4 is 15.5 Å². The number of piperidine rings is 2. The standard InChI is InChI=1S/C19H29N5O/c1-23-15-6-4-7-16(23)13-14(12-15)21-19(25)22-17-8-5-9-20-18(17)24-10-2-3-11-24/h5,8-9,14-16H,2-4,6-7,10-13H2,1H3,(H2,21,22,25)/t15-,16-/m0/s1. The van der Waals surface area contributed by atoms with Crippen LogP contribution in [0.15, 0.2) is 18.3 Å². The van der Waals surface area contributed by atoms with Crippen molar-refractivity contribution in [3.8, 4) is 0 Å². The number of nitrogens with one attached hydrogen (secondary N) is 2. The van der Waals surface area contributed by atoms with Crippen LogP contribution in [0.4, 0.5) is 16.3 Å². The lowest BCUT2D eigenvalue weighted by atomic mass is 9.82. The fraction of sp³-hybridized carbons (Fsp3) is 0.684. The van der Waals surface area contributed by atoms with Crippen LogP contribution in [0.3, 0.4) is 0 Å². The molecular weight excluding hydrogens is 314 g/mol. The van der Waals surface area contributed by atoms with E-state index in [9.17, 15) is 4.79 Å². The molecule has 3 aliphatic heterocycles. The molecule has 0 aliphatic carbocycles. The molecule has 2 atom stereocenters. The van der Waals surface area contributed by atoms with Crippen LogP contribution in [-0.2, 0) is 0 Å². The Hall–Kier alpha value is -1.82. The number of pyridine rings is 1. The Balaban J connectivity index is 1.38. The fourth-order valence-corrected chi connectivity index (χ4v) is 4.75. The van der Waals surface area contributed by atoms with Crippen molar-refractivity contribution in [1.29, 1.82) is 0 Å². The summed E-state index contributed by atoms with van der Waals surface area (Å²) in [4.78, 5) is 21.8. The summed E-state index contributed by atoms with van der Waals surface area (Å²) >= 11 is 0. The van der Waals surface area contributed by atoms with E-state index in [-0.39, 0.29) is 12.1 Å². The van der Waals surface area contributed by atoms with E-state index >= 15 is 0 Å². The van der Waals surface area contributed by atoms with E-state index in [0.29, 0.717) is 12.1 Å². The number of urea groups is 1. The number of fused-ring (bicyclic) bond motifs is 2. The van der Waals surface area contributed by atoms with Gasteiger partial charge in [-0.25, -0.2) is 9.78 Å². The van der Waals surface area contributed by atoms with Crippen molar-refractivity contribution in [1.82, 2.24) is 15.2 Å². The Labute approximate surface area is 150 Å². The molecule has 0 unspecified atom stereocenters. The topological polar surface area (TPSA) is 60.5 Å². The molecule has 1 aromatic rings. The lowest BCUT2D eigenvalue weighted by Gasteiger charge is -2.47. The molecule has 1 aromatic heterocycles. The molecule has 0 aromatic carbocycles. The zero-order chi connectivity index (χ0) is 17.2. The predicted molar refractivity (Wildman–Crippen MR) is 100 cm³/mol. The van der Waals surface area contributed by atoms with Crippen molar-refractivity contribution in [2.75, 3.05) is 30.4 Å². The van der Waals surface area contributed by atoms with Crippen LogP contribution in [0, 0.1) is 0 Å². The molecule has 6 heteroatoms. The Morgan fingerprint density at radius 3 is 2.60 bits per heavy atom. The molecule has 0 saturated carbocycles. The van der Waals surface area contributed by atoms with Gasteiger partial charge in [0.1, 0.15) is 0 Å².